The molecule has 6 heteroatoms. The van der Waals surface area contributed by atoms with Crippen LogP contribution in [0.1, 0.15) is 25.5 Å². The van der Waals surface area contributed by atoms with Gasteiger partial charge in [-0.25, -0.2) is 4.98 Å². The van der Waals surface area contributed by atoms with Gasteiger partial charge in [0.15, 0.2) is 5.82 Å². The quantitative estimate of drug-likeness (QED) is 0.787. The summed E-state index contributed by atoms with van der Waals surface area (Å²) in [7, 11) is 0. The van der Waals surface area contributed by atoms with E-state index in [9.17, 15) is 9.90 Å². The van der Waals surface area contributed by atoms with Gasteiger partial charge < -0.3 is 15.7 Å². The Morgan fingerprint density at radius 2 is 2.30 bits per heavy atom. The number of hydrogen-bond acceptors (Lipinski definition) is 4. The topological polar surface area (TPSA) is 83.9 Å². The molecule has 0 radical (unpaired) electrons. The van der Waals surface area contributed by atoms with E-state index in [-0.39, 0.29) is 13.2 Å². The molecule has 6 nitrogen and oxygen atoms in total. The molecular formula is C14H20N4O2. The third-order valence-corrected chi connectivity index (χ3v) is 3.19. The van der Waals surface area contributed by atoms with Crippen molar-refractivity contribution in [3.05, 3.63) is 30.1 Å². The minimum atomic E-state index is -0.401. The first-order chi connectivity index (χ1) is 9.67. The lowest BCUT2D eigenvalue weighted by Crippen LogP contribution is -2.35. The summed E-state index contributed by atoms with van der Waals surface area (Å²) in [5, 5.41) is 9.61. The number of hydrogen-bond donors (Lipinski definition) is 2. The predicted molar refractivity (Wildman–Crippen MR) is 77.4 cm³/mol. The molecule has 0 atom stereocenters. The van der Waals surface area contributed by atoms with Gasteiger partial charge in [0.1, 0.15) is 5.65 Å². The summed E-state index contributed by atoms with van der Waals surface area (Å²) in [4.78, 5) is 17.6. The summed E-state index contributed by atoms with van der Waals surface area (Å²) < 4.78 is 1.83. The Bertz CT molecular complexity index is 594. The van der Waals surface area contributed by atoms with Gasteiger partial charge in [-0.15, -0.1) is 0 Å². The minimum Gasteiger partial charge on any atom is -0.390 e. The molecule has 0 aromatic carbocycles. The summed E-state index contributed by atoms with van der Waals surface area (Å²) in [5.74, 6) is 0.230. The van der Waals surface area contributed by atoms with Crippen molar-refractivity contribution in [2.24, 2.45) is 5.73 Å². The number of pyridine rings is 1. The predicted octanol–water partition coefficient (Wildman–Crippen LogP) is 0.918. The molecule has 3 N–H and O–H groups in total. The Morgan fingerprint density at radius 1 is 1.50 bits per heavy atom. The number of carbonyl (C=O) groups excluding carboxylic acids is 1. The number of aliphatic hydroxyl groups is 1. The summed E-state index contributed by atoms with van der Waals surface area (Å²) in [6.07, 6.45) is 3.79. The number of primary amides is 1. The molecule has 0 bridgehead atoms. The highest BCUT2D eigenvalue weighted by molar-refractivity contribution is 5.79. The van der Waals surface area contributed by atoms with Crippen LogP contribution in [-0.4, -0.2) is 33.5 Å². The highest BCUT2D eigenvalue weighted by Gasteiger charge is 2.18. The number of fused-ring (bicyclic) bond motifs is 1. The molecule has 0 aliphatic heterocycles. The fourth-order valence-electron chi connectivity index (χ4n) is 2.23. The molecule has 2 aromatic rings. The molecule has 1 amide bonds. The highest BCUT2D eigenvalue weighted by atomic mass is 16.3. The van der Waals surface area contributed by atoms with Crippen LogP contribution in [0, 0.1) is 0 Å². The lowest BCUT2D eigenvalue weighted by molar-refractivity contribution is -0.116. The number of anilines is 1. The summed E-state index contributed by atoms with van der Waals surface area (Å²) in [5.41, 5.74) is 6.74. The van der Waals surface area contributed by atoms with E-state index in [1.807, 2.05) is 33.7 Å². The lowest BCUT2D eigenvalue weighted by Gasteiger charge is -2.21. The lowest BCUT2D eigenvalue weighted by atomic mass is 10.3. The van der Waals surface area contributed by atoms with Gasteiger partial charge in [-0.1, -0.05) is 19.4 Å². The number of imidazole rings is 1. The number of amides is 1. The monoisotopic (exact) mass is 276 g/mol. The third-order valence-electron chi connectivity index (χ3n) is 3.19. The zero-order valence-electron chi connectivity index (χ0n) is 11.6. The van der Waals surface area contributed by atoms with Crippen molar-refractivity contribution in [2.45, 2.75) is 26.4 Å². The molecule has 0 spiro atoms. The summed E-state index contributed by atoms with van der Waals surface area (Å²) in [6.45, 7) is 2.74. The fraction of sp³-hybridized carbons (Fsp3) is 0.429. The van der Waals surface area contributed by atoms with Gasteiger partial charge in [-0.05, 0) is 18.6 Å². The van der Waals surface area contributed by atoms with E-state index in [4.69, 9.17) is 5.73 Å². The van der Waals surface area contributed by atoms with Gasteiger partial charge in [0.05, 0.1) is 18.8 Å². The standard InChI is InChI=1S/C14H20N4O2/c1-2-3-7-17(9-12(15)20)14-11(10-19)18-8-5-4-6-13(18)16-14/h4-6,8,19H,2-3,7,9-10H2,1H3,(H2,15,20). The maximum Gasteiger partial charge on any atom is 0.236 e. The van der Waals surface area contributed by atoms with Gasteiger partial charge in [0, 0.05) is 12.7 Å². The smallest absolute Gasteiger partial charge is 0.236 e. The van der Waals surface area contributed by atoms with Crippen LogP contribution >= 0.6 is 0 Å². The SMILES string of the molecule is CCCCN(CC(N)=O)c1nc2ccccn2c1CO. The maximum atomic E-state index is 11.2. The molecule has 0 saturated carbocycles. The van der Waals surface area contributed by atoms with Crippen molar-refractivity contribution in [3.63, 3.8) is 0 Å². The molecule has 108 valence electrons. The Balaban J connectivity index is 2.42. The van der Waals surface area contributed by atoms with Gasteiger partial charge in [-0.3, -0.25) is 9.20 Å². The third kappa shape index (κ3) is 2.91. The molecule has 2 rings (SSSR count). The van der Waals surface area contributed by atoms with Gasteiger partial charge in [0.25, 0.3) is 0 Å². The summed E-state index contributed by atoms with van der Waals surface area (Å²) >= 11 is 0. The van der Waals surface area contributed by atoms with E-state index in [0.29, 0.717) is 18.1 Å². The second-order valence-corrected chi connectivity index (χ2v) is 4.71. The average Bonchev–Trinajstić information content (AvgIpc) is 2.81. The van der Waals surface area contributed by atoms with Crippen LogP contribution in [0.25, 0.3) is 5.65 Å². The molecule has 0 unspecified atom stereocenters. The number of unbranched alkanes of at least 4 members (excludes halogenated alkanes) is 1. The van der Waals surface area contributed by atoms with E-state index in [1.54, 1.807) is 0 Å². The van der Waals surface area contributed by atoms with Crippen molar-refractivity contribution < 1.29 is 9.90 Å². The largest absolute Gasteiger partial charge is 0.390 e. The van der Waals surface area contributed by atoms with Crippen LogP contribution in [-0.2, 0) is 11.4 Å². The molecule has 0 aliphatic carbocycles. The van der Waals surface area contributed by atoms with Crippen LogP contribution in [0.5, 0.6) is 0 Å². The van der Waals surface area contributed by atoms with E-state index in [0.717, 1.165) is 18.5 Å². The Labute approximate surface area is 117 Å². The normalized spacial score (nSPS) is 10.9. The second-order valence-electron chi connectivity index (χ2n) is 4.71. The van der Waals surface area contributed by atoms with Crippen LogP contribution in [0.4, 0.5) is 5.82 Å². The number of aromatic nitrogens is 2. The molecule has 0 fully saturated rings. The number of nitrogens with two attached hydrogens (primary N) is 1. The second kappa shape index (κ2) is 6.38. The van der Waals surface area contributed by atoms with Crippen LogP contribution in [0.15, 0.2) is 24.4 Å². The molecule has 0 saturated heterocycles. The van der Waals surface area contributed by atoms with Crippen LogP contribution < -0.4 is 10.6 Å². The maximum absolute atomic E-state index is 11.2. The average molecular weight is 276 g/mol. The first-order valence-corrected chi connectivity index (χ1v) is 6.77. The molecular weight excluding hydrogens is 256 g/mol. The fourth-order valence-corrected chi connectivity index (χ4v) is 2.23. The van der Waals surface area contributed by atoms with E-state index in [2.05, 4.69) is 11.9 Å². The minimum absolute atomic E-state index is 0.108. The summed E-state index contributed by atoms with van der Waals surface area (Å²) in [6, 6.07) is 5.63. The van der Waals surface area contributed by atoms with Gasteiger partial charge in [0.2, 0.25) is 5.91 Å². The van der Waals surface area contributed by atoms with Gasteiger partial charge in [-0.2, -0.15) is 0 Å². The van der Waals surface area contributed by atoms with E-state index >= 15 is 0 Å². The van der Waals surface area contributed by atoms with Crippen LogP contribution in [0.2, 0.25) is 0 Å². The van der Waals surface area contributed by atoms with E-state index < -0.39 is 5.91 Å². The number of aliphatic hydroxyl groups excluding tert-OH is 1. The Kier molecular flexibility index (Phi) is 4.57. The van der Waals surface area contributed by atoms with Crippen LogP contribution in [0.3, 0.4) is 0 Å². The molecule has 0 aliphatic rings. The highest BCUT2D eigenvalue weighted by Crippen LogP contribution is 2.22. The van der Waals surface area contributed by atoms with Crippen molar-refractivity contribution in [1.82, 2.24) is 9.38 Å². The number of carbonyl (C=O) groups is 1. The first kappa shape index (κ1) is 14.3. The molecule has 2 aromatic heterocycles. The van der Waals surface area contributed by atoms with Crippen molar-refractivity contribution in [1.29, 1.82) is 0 Å². The number of nitrogens with zero attached hydrogens (tertiary/aromatic N) is 3. The zero-order chi connectivity index (χ0) is 14.5. The van der Waals surface area contributed by atoms with Crippen molar-refractivity contribution >= 4 is 17.4 Å². The Morgan fingerprint density at radius 3 is 2.95 bits per heavy atom. The Hall–Kier alpha value is -2.08. The van der Waals surface area contributed by atoms with Gasteiger partial charge >= 0.3 is 0 Å². The number of rotatable bonds is 7. The molecule has 2 heterocycles. The zero-order valence-corrected chi connectivity index (χ0v) is 11.6. The van der Waals surface area contributed by atoms with Crippen molar-refractivity contribution in [3.8, 4) is 0 Å². The first-order valence-electron chi connectivity index (χ1n) is 6.77. The van der Waals surface area contributed by atoms with Crippen molar-refractivity contribution in [2.75, 3.05) is 18.0 Å². The van der Waals surface area contributed by atoms with E-state index in [1.165, 1.54) is 0 Å². The molecule has 20 heavy (non-hydrogen) atoms.